The number of rotatable bonds is 5. The van der Waals surface area contributed by atoms with E-state index in [0.29, 0.717) is 21.9 Å². The molecular weight excluding hydrogens is 484 g/mol. The number of hydrogen-bond acceptors (Lipinski definition) is 8. The monoisotopic (exact) mass is 514 g/mol. The minimum Gasteiger partial charge on any atom is -0.423 e. The van der Waals surface area contributed by atoms with Crippen molar-refractivity contribution in [1.82, 2.24) is 0 Å². The average molecular weight is 514 g/mol. The molecule has 0 aliphatic carbocycles. The summed E-state index contributed by atoms with van der Waals surface area (Å²) in [6, 6.07) is 27.8. The van der Waals surface area contributed by atoms with Crippen molar-refractivity contribution in [2.75, 3.05) is 0 Å². The highest BCUT2D eigenvalue weighted by Crippen LogP contribution is 2.16. The first kappa shape index (κ1) is 31.0. The highest BCUT2D eigenvalue weighted by atomic mass is 16.4. The van der Waals surface area contributed by atoms with Gasteiger partial charge in [-0.2, -0.15) is 0 Å². The molecule has 0 saturated carbocycles. The summed E-state index contributed by atoms with van der Waals surface area (Å²) in [6.45, 7) is 3.90. The molecule has 4 aromatic rings. The van der Waals surface area contributed by atoms with Gasteiger partial charge in [0.15, 0.2) is 0 Å². The van der Waals surface area contributed by atoms with Crippen LogP contribution in [0.4, 0.5) is 0 Å². The standard InChI is InChI=1S/C12H12B2O4.2C7H9BO2/c15-13(16)11-5-1-9(2-6-11)10-3-7-12(8-4-10)14(17)18;2*1-6-2-4-7(5-3-6)8(9)10/h1-8,15-18H;2*2-5,9-10H,1H3. The van der Waals surface area contributed by atoms with Crippen LogP contribution in [-0.4, -0.2) is 68.7 Å². The van der Waals surface area contributed by atoms with Crippen molar-refractivity contribution < 1.29 is 40.2 Å². The van der Waals surface area contributed by atoms with Crippen molar-refractivity contribution >= 4 is 50.3 Å². The molecule has 4 rings (SSSR count). The van der Waals surface area contributed by atoms with Crippen LogP contribution in [0.25, 0.3) is 11.1 Å². The molecule has 0 aromatic heterocycles. The summed E-state index contributed by atoms with van der Waals surface area (Å²) < 4.78 is 0. The molecule has 12 heteroatoms. The molecule has 8 N–H and O–H groups in total. The van der Waals surface area contributed by atoms with E-state index in [0.717, 1.165) is 22.3 Å². The summed E-state index contributed by atoms with van der Waals surface area (Å²) in [5, 5.41) is 70.6. The Balaban J connectivity index is 0.000000216. The second kappa shape index (κ2) is 15.3. The quantitative estimate of drug-likeness (QED) is 0.143. The minimum absolute atomic E-state index is 0.432. The van der Waals surface area contributed by atoms with Crippen LogP contribution in [0.2, 0.25) is 0 Å². The van der Waals surface area contributed by atoms with Gasteiger partial charge in [-0.15, -0.1) is 0 Å². The van der Waals surface area contributed by atoms with Gasteiger partial charge in [-0.25, -0.2) is 0 Å². The lowest BCUT2D eigenvalue weighted by molar-refractivity contribution is 0.424. The molecule has 194 valence electrons. The predicted octanol–water partition coefficient (Wildman–Crippen LogP) is -1.94. The zero-order valence-electron chi connectivity index (χ0n) is 21.1. The van der Waals surface area contributed by atoms with E-state index >= 15 is 0 Å². The van der Waals surface area contributed by atoms with Crippen LogP contribution in [0, 0.1) is 13.8 Å². The summed E-state index contributed by atoms with van der Waals surface area (Å²) in [7, 11) is -5.63. The summed E-state index contributed by atoms with van der Waals surface area (Å²) in [5.41, 5.74) is 5.99. The van der Waals surface area contributed by atoms with Crippen LogP contribution in [0.3, 0.4) is 0 Å². The van der Waals surface area contributed by atoms with Crippen molar-refractivity contribution in [3.63, 3.8) is 0 Å². The lowest BCUT2D eigenvalue weighted by Gasteiger charge is -2.05. The van der Waals surface area contributed by atoms with E-state index in [1.807, 2.05) is 38.1 Å². The number of benzene rings is 4. The normalized spacial score (nSPS) is 9.84. The van der Waals surface area contributed by atoms with Gasteiger partial charge in [0, 0.05) is 0 Å². The Morgan fingerprint density at radius 2 is 0.500 bits per heavy atom. The van der Waals surface area contributed by atoms with Crippen LogP contribution < -0.4 is 21.9 Å². The summed E-state index contributed by atoms with van der Waals surface area (Å²) in [4.78, 5) is 0. The maximum absolute atomic E-state index is 8.98. The fourth-order valence-electron chi connectivity index (χ4n) is 3.17. The average Bonchev–Trinajstić information content (AvgIpc) is 2.90. The van der Waals surface area contributed by atoms with Crippen molar-refractivity contribution in [2.45, 2.75) is 13.8 Å². The molecule has 0 aliphatic heterocycles. The Morgan fingerprint density at radius 1 is 0.316 bits per heavy atom. The highest BCUT2D eigenvalue weighted by Gasteiger charge is 2.12. The van der Waals surface area contributed by atoms with Crippen molar-refractivity contribution in [3.05, 3.63) is 108 Å². The zero-order chi connectivity index (χ0) is 28.2. The van der Waals surface area contributed by atoms with Gasteiger partial charge in [-0.3, -0.25) is 0 Å². The molecule has 4 aromatic carbocycles. The molecule has 0 unspecified atom stereocenters. The first-order valence-corrected chi connectivity index (χ1v) is 11.8. The molecule has 0 saturated heterocycles. The van der Waals surface area contributed by atoms with E-state index in [-0.39, 0.29) is 0 Å². The van der Waals surface area contributed by atoms with E-state index < -0.39 is 28.5 Å². The van der Waals surface area contributed by atoms with E-state index in [1.54, 1.807) is 72.8 Å². The zero-order valence-corrected chi connectivity index (χ0v) is 21.1. The van der Waals surface area contributed by atoms with Crippen molar-refractivity contribution in [3.8, 4) is 11.1 Å². The van der Waals surface area contributed by atoms with Gasteiger partial charge in [0.1, 0.15) is 0 Å². The smallest absolute Gasteiger partial charge is 0.423 e. The fourth-order valence-corrected chi connectivity index (χ4v) is 3.17. The Morgan fingerprint density at radius 3 is 0.684 bits per heavy atom. The van der Waals surface area contributed by atoms with Crippen LogP contribution in [0.15, 0.2) is 97.1 Å². The van der Waals surface area contributed by atoms with Gasteiger partial charge in [-0.1, -0.05) is 108 Å². The van der Waals surface area contributed by atoms with Crippen molar-refractivity contribution in [1.29, 1.82) is 0 Å². The van der Waals surface area contributed by atoms with Gasteiger partial charge < -0.3 is 40.2 Å². The maximum atomic E-state index is 8.98. The van der Waals surface area contributed by atoms with E-state index in [1.165, 1.54) is 0 Å². The highest BCUT2D eigenvalue weighted by molar-refractivity contribution is 6.59. The summed E-state index contributed by atoms with van der Waals surface area (Å²) in [5.74, 6) is 0. The lowest BCUT2D eigenvalue weighted by atomic mass is 9.78. The van der Waals surface area contributed by atoms with Crippen molar-refractivity contribution in [2.24, 2.45) is 0 Å². The Kier molecular flexibility index (Phi) is 12.5. The minimum atomic E-state index is -1.47. The second-order valence-electron chi connectivity index (χ2n) is 8.56. The second-order valence-corrected chi connectivity index (χ2v) is 8.56. The van der Waals surface area contributed by atoms with E-state index in [2.05, 4.69) is 0 Å². The molecule has 0 fully saturated rings. The Hall–Kier alpha value is -3.18. The van der Waals surface area contributed by atoms with Crippen LogP contribution in [0.1, 0.15) is 11.1 Å². The third-order valence-corrected chi connectivity index (χ3v) is 5.50. The summed E-state index contributed by atoms with van der Waals surface area (Å²) in [6.07, 6.45) is 0. The fraction of sp³-hybridized carbons (Fsp3) is 0.0769. The predicted molar refractivity (Wildman–Crippen MR) is 154 cm³/mol. The number of hydrogen-bond donors (Lipinski definition) is 8. The topological polar surface area (TPSA) is 162 Å². The molecule has 0 heterocycles. The number of aryl methyl sites for hydroxylation is 2. The van der Waals surface area contributed by atoms with Crippen LogP contribution in [-0.2, 0) is 0 Å². The molecule has 0 radical (unpaired) electrons. The van der Waals surface area contributed by atoms with E-state index in [4.69, 9.17) is 40.2 Å². The largest absolute Gasteiger partial charge is 0.488 e. The molecule has 0 bridgehead atoms. The van der Waals surface area contributed by atoms with Crippen LogP contribution >= 0.6 is 0 Å². The van der Waals surface area contributed by atoms with Gasteiger partial charge in [-0.05, 0) is 46.8 Å². The maximum Gasteiger partial charge on any atom is 0.488 e. The first-order valence-electron chi connectivity index (χ1n) is 11.8. The van der Waals surface area contributed by atoms with Gasteiger partial charge in [0.2, 0.25) is 0 Å². The SMILES string of the molecule is Cc1ccc(B(O)O)cc1.Cc1ccc(B(O)O)cc1.OB(O)c1ccc(-c2ccc(B(O)O)cc2)cc1. The molecule has 0 atom stereocenters. The molecule has 8 nitrogen and oxygen atoms in total. The van der Waals surface area contributed by atoms with Gasteiger partial charge in [0.25, 0.3) is 0 Å². The third-order valence-electron chi connectivity index (χ3n) is 5.50. The third kappa shape index (κ3) is 10.3. The molecule has 38 heavy (non-hydrogen) atoms. The van der Waals surface area contributed by atoms with E-state index in [9.17, 15) is 0 Å². The Bertz CT molecular complexity index is 1120. The van der Waals surface area contributed by atoms with Gasteiger partial charge in [0.05, 0.1) is 0 Å². The molecule has 0 aliphatic rings. The molecule has 0 amide bonds. The lowest BCUT2D eigenvalue weighted by Crippen LogP contribution is -2.29. The van der Waals surface area contributed by atoms with Gasteiger partial charge >= 0.3 is 28.5 Å². The first-order chi connectivity index (χ1) is 18.0. The molecule has 0 spiro atoms. The Labute approximate surface area is 223 Å². The van der Waals surface area contributed by atoms with Crippen LogP contribution in [0.5, 0.6) is 0 Å². The summed E-state index contributed by atoms with van der Waals surface area (Å²) >= 11 is 0. The molecular formula is C26H30B4O8.